The van der Waals surface area contributed by atoms with Crippen LogP contribution in [0, 0.1) is 0 Å². The lowest BCUT2D eigenvalue weighted by atomic mass is 10.5. The molecule has 0 aromatic carbocycles. The summed E-state index contributed by atoms with van der Waals surface area (Å²) in [4.78, 5) is 10.1. The summed E-state index contributed by atoms with van der Waals surface area (Å²) in [6, 6.07) is 0. The van der Waals surface area contributed by atoms with Crippen LogP contribution in [0.4, 0.5) is 13.2 Å². The van der Waals surface area contributed by atoms with E-state index < -0.39 is 12.1 Å². The highest BCUT2D eigenvalue weighted by Gasteiger charge is 2.40. The second-order valence-electron chi connectivity index (χ2n) is 2.25. The molecule has 0 radical (unpaired) electrons. The molecule has 0 aromatic rings. The van der Waals surface area contributed by atoms with E-state index in [1.54, 1.807) is 0 Å². The van der Waals surface area contributed by atoms with Crippen molar-refractivity contribution in [1.82, 2.24) is 0 Å². The Morgan fingerprint density at radius 3 is 2.31 bits per heavy atom. The predicted octanol–water partition coefficient (Wildman–Crippen LogP) is 1.52. The van der Waals surface area contributed by atoms with Gasteiger partial charge in [-0.2, -0.15) is 13.2 Å². The van der Waals surface area contributed by atoms with E-state index in [0.717, 1.165) is 6.42 Å². The molecule has 0 heterocycles. The number of alkyl halides is 3. The maximum absolute atomic E-state index is 11.5. The number of ether oxygens (including phenoxy) is 2. The fourth-order valence-corrected chi connectivity index (χ4v) is 0.522. The Morgan fingerprint density at radius 1 is 1.23 bits per heavy atom. The van der Waals surface area contributed by atoms with Gasteiger partial charge in [-0.25, -0.2) is 4.79 Å². The monoisotopic (exact) mass is 200 g/mol. The van der Waals surface area contributed by atoms with E-state index in [1.807, 2.05) is 6.92 Å². The fourth-order valence-electron chi connectivity index (χ4n) is 0.522. The first-order valence-corrected chi connectivity index (χ1v) is 3.80. The van der Waals surface area contributed by atoms with Crippen LogP contribution in [0.2, 0.25) is 0 Å². The third-order valence-electron chi connectivity index (χ3n) is 1.04. The molecule has 0 saturated heterocycles. The average molecular weight is 200 g/mol. The van der Waals surface area contributed by atoms with Crippen molar-refractivity contribution in [3.63, 3.8) is 0 Å². The highest BCUT2D eigenvalue weighted by Crippen LogP contribution is 2.15. The minimum absolute atomic E-state index is 0.00431. The first-order valence-electron chi connectivity index (χ1n) is 3.80. The minimum Gasteiger partial charge on any atom is -0.457 e. The Balaban J connectivity index is 3.38. The Morgan fingerprint density at radius 2 is 1.85 bits per heavy atom. The van der Waals surface area contributed by atoms with Gasteiger partial charge in [-0.15, -0.1) is 0 Å². The molecule has 3 nitrogen and oxygen atoms in total. The quantitative estimate of drug-likeness (QED) is 0.498. The van der Waals surface area contributed by atoms with Crippen LogP contribution in [0.25, 0.3) is 0 Å². The van der Waals surface area contributed by atoms with Crippen LogP contribution in [0.3, 0.4) is 0 Å². The number of hydrogen-bond donors (Lipinski definition) is 0. The summed E-state index contributed by atoms with van der Waals surface area (Å²) < 4.78 is 43.2. The zero-order valence-electron chi connectivity index (χ0n) is 7.19. The molecule has 0 saturated carbocycles. The van der Waals surface area contributed by atoms with Crippen molar-refractivity contribution in [1.29, 1.82) is 0 Å². The number of carbonyl (C=O) groups excluding carboxylic acids is 1. The van der Waals surface area contributed by atoms with Crippen molar-refractivity contribution in [3.8, 4) is 0 Å². The molecule has 0 aliphatic heterocycles. The van der Waals surface area contributed by atoms with Crippen molar-refractivity contribution >= 4 is 5.97 Å². The molecule has 6 heteroatoms. The van der Waals surface area contributed by atoms with Gasteiger partial charge >= 0.3 is 12.1 Å². The summed E-state index contributed by atoms with van der Waals surface area (Å²) >= 11 is 0. The summed E-state index contributed by atoms with van der Waals surface area (Å²) in [5.41, 5.74) is 0. The van der Waals surface area contributed by atoms with Crippen molar-refractivity contribution in [2.24, 2.45) is 0 Å². The number of carbonyl (C=O) groups is 1. The van der Waals surface area contributed by atoms with Crippen molar-refractivity contribution in [2.75, 3.05) is 19.8 Å². The lowest BCUT2D eigenvalue weighted by Gasteiger charge is -2.06. The molecule has 0 aliphatic rings. The van der Waals surface area contributed by atoms with Gasteiger partial charge in [0, 0.05) is 6.61 Å². The molecular formula is C7H11F3O3. The number of esters is 1. The molecule has 0 unspecified atom stereocenters. The topological polar surface area (TPSA) is 35.5 Å². The third-order valence-corrected chi connectivity index (χ3v) is 1.04. The Bertz CT molecular complexity index is 156. The molecule has 13 heavy (non-hydrogen) atoms. The molecular weight excluding hydrogens is 189 g/mol. The van der Waals surface area contributed by atoms with E-state index in [4.69, 9.17) is 4.74 Å². The highest BCUT2D eigenvalue weighted by atomic mass is 19.4. The molecule has 0 fully saturated rings. The van der Waals surface area contributed by atoms with Gasteiger partial charge in [0.25, 0.3) is 0 Å². The molecule has 78 valence electrons. The summed E-state index contributed by atoms with van der Waals surface area (Å²) in [6.45, 7) is 1.94. The van der Waals surface area contributed by atoms with Gasteiger partial charge in [0.15, 0.2) is 0 Å². The van der Waals surface area contributed by atoms with Gasteiger partial charge in [-0.05, 0) is 6.42 Å². The SMILES string of the molecule is CCCOCCOC(=O)C(F)(F)F. The third kappa shape index (κ3) is 6.39. The molecule has 0 aromatic heterocycles. The smallest absolute Gasteiger partial charge is 0.457 e. The minimum atomic E-state index is -4.91. The van der Waals surface area contributed by atoms with E-state index in [1.165, 1.54) is 0 Å². The van der Waals surface area contributed by atoms with Crippen LogP contribution in [0.5, 0.6) is 0 Å². The van der Waals surface area contributed by atoms with Crippen molar-refractivity contribution < 1.29 is 27.4 Å². The predicted molar refractivity (Wildman–Crippen MR) is 38.1 cm³/mol. The molecule has 0 amide bonds. The molecule has 0 bridgehead atoms. The van der Waals surface area contributed by atoms with E-state index in [9.17, 15) is 18.0 Å². The summed E-state index contributed by atoms with van der Waals surface area (Å²) in [5.74, 6) is -2.17. The number of halogens is 3. The Labute approximate surface area is 73.8 Å². The second-order valence-corrected chi connectivity index (χ2v) is 2.25. The van der Waals surface area contributed by atoms with Crippen LogP contribution in [-0.2, 0) is 14.3 Å². The molecule has 0 N–H and O–H groups in total. The van der Waals surface area contributed by atoms with Crippen molar-refractivity contribution in [2.45, 2.75) is 19.5 Å². The zero-order chi connectivity index (χ0) is 10.3. The van der Waals surface area contributed by atoms with E-state index in [-0.39, 0.29) is 13.2 Å². The van der Waals surface area contributed by atoms with Gasteiger partial charge in [-0.1, -0.05) is 6.92 Å². The van der Waals surface area contributed by atoms with Crippen LogP contribution >= 0.6 is 0 Å². The molecule has 0 spiro atoms. The van der Waals surface area contributed by atoms with E-state index in [2.05, 4.69) is 4.74 Å². The summed E-state index contributed by atoms with van der Waals surface area (Å²) in [6.07, 6.45) is -4.14. The van der Waals surface area contributed by atoms with E-state index in [0.29, 0.717) is 6.61 Å². The Kier molecular flexibility index (Phi) is 5.45. The summed E-state index contributed by atoms with van der Waals surface area (Å²) in [5, 5.41) is 0. The Hall–Kier alpha value is -0.780. The second kappa shape index (κ2) is 5.80. The molecule has 0 aliphatic carbocycles. The normalized spacial score (nSPS) is 11.4. The molecule has 0 rings (SSSR count). The first-order chi connectivity index (χ1) is 5.98. The highest BCUT2D eigenvalue weighted by molar-refractivity contribution is 5.75. The molecule has 0 atom stereocenters. The van der Waals surface area contributed by atoms with Crippen LogP contribution < -0.4 is 0 Å². The maximum Gasteiger partial charge on any atom is 0.490 e. The van der Waals surface area contributed by atoms with Gasteiger partial charge in [0.1, 0.15) is 6.61 Å². The van der Waals surface area contributed by atoms with Gasteiger partial charge in [-0.3, -0.25) is 0 Å². The van der Waals surface area contributed by atoms with Crippen LogP contribution in [0.15, 0.2) is 0 Å². The number of hydrogen-bond acceptors (Lipinski definition) is 3. The lowest BCUT2D eigenvalue weighted by Crippen LogP contribution is -2.26. The van der Waals surface area contributed by atoms with Crippen LogP contribution in [-0.4, -0.2) is 32.0 Å². The summed E-state index contributed by atoms with van der Waals surface area (Å²) in [7, 11) is 0. The number of rotatable bonds is 5. The zero-order valence-corrected chi connectivity index (χ0v) is 7.19. The largest absolute Gasteiger partial charge is 0.490 e. The van der Waals surface area contributed by atoms with Crippen molar-refractivity contribution in [3.05, 3.63) is 0 Å². The standard InChI is InChI=1S/C7H11F3O3/c1-2-3-12-4-5-13-6(11)7(8,9)10/h2-5H2,1H3. The van der Waals surface area contributed by atoms with Crippen LogP contribution in [0.1, 0.15) is 13.3 Å². The van der Waals surface area contributed by atoms with Gasteiger partial charge in [0.05, 0.1) is 6.61 Å². The van der Waals surface area contributed by atoms with Gasteiger partial charge < -0.3 is 9.47 Å². The van der Waals surface area contributed by atoms with Gasteiger partial charge in [0.2, 0.25) is 0 Å². The first kappa shape index (κ1) is 12.2. The fraction of sp³-hybridized carbons (Fsp3) is 0.857. The average Bonchev–Trinajstić information content (AvgIpc) is 2.02. The maximum atomic E-state index is 11.5. The lowest BCUT2D eigenvalue weighted by molar-refractivity contribution is -0.200. The van der Waals surface area contributed by atoms with E-state index >= 15 is 0 Å².